The highest BCUT2D eigenvalue weighted by Crippen LogP contribution is 2.28. The Morgan fingerprint density at radius 1 is 1.04 bits per heavy atom. The molecule has 25 heavy (non-hydrogen) atoms. The van der Waals surface area contributed by atoms with Crippen LogP contribution in [0, 0.1) is 6.92 Å². The van der Waals surface area contributed by atoms with Gasteiger partial charge >= 0.3 is 6.03 Å². The average molecular weight is 329 g/mol. The second-order valence-corrected chi connectivity index (χ2v) is 5.70. The Morgan fingerprint density at radius 3 is 2.48 bits per heavy atom. The number of amides is 2. The lowest BCUT2D eigenvalue weighted by Crippen LogP contribution is -2.19. The molecule has 0 radical (unpaired) electrons. The summed E-state index contributed by atoms with van der Waals surface area (Å²) < 4.78 is 0. The molecule has 4 heteroatoms. The van der Waals surface area contributed by atoms with E-state index in [-0.39, 0.29) is 0 Å². The van der Waals surface area contributed by atoms with Crippen molar-refractivity contribution >= 4 is 23.5 Å². The Hall–Kier alpha value is -3.40. The number of carbonyl (C=O) groups is 1. The van der Waals surface area contributed by atoms with Gasteiger partial charge in [0.2, 0.25) is 0 Å². The summed E-state index contributed by atoms with van der Waals surface area (Å²) >= 11 is 0. The van der Waals surface area contributed by atoms with Gasteiger partial charge in [-0.15, -0.1) is 0 Å². The van der Waals surface area contributed by atoms with E-state index in [1.54, 1.807) is 12.3 Å². The molecule has 3 rings (SSSR count). The number of anilines is 1. The van der Waals surface area contributed by atoms with Gasteiger partial charge in [-0.05, 0) is 53.0 Å². The number of urea groups is 1. The molecule has 0 aliphatic rings. The second kappa shape index (κ2) is 7.45. The van der Waals surface area contributed by atoms with E-state index in [9.17, 15) is 4.79 Å². The topological polar surface area (TPSA) is 68.0 Å². The number of primary amides is 1. The van der Waals surface area contributed by atoms with Crippen LogP contribution in [-0.2, 0) is 0 Å². The summed E-state index contributed by atoms with van der Waals surface area (Å²) in [6.45, 7) is 2.10. The minimum atomic E-state index is -0.629. The standard InChI is InChI=1S/C21H19N3O/c1-15-7-5-6-10-18(15)19(17-8-3-2-4-9-17)13-16-11-12-23-20(14-16)24-21(22)25/h2-14H,1H3,(H3,22,23,24,25)/b19-13+. The molecule has 2 aromatic carbocycles. The fourth-order valence-corrected chi connectivity index (χ4v) is 2.71. The molecule has 0 aliphatic carbocycles. The lowest BCUT2D eigenvalue weighted by molar-refractivity contribution is 0.259. The molecule has 0 saturated carbocycles. The predicted octanol–water partition coefficient (Wildman–Crippen LogP) is 4.47. The van der Waals surface area contributed by atoms with Crippen LogP contribution in [0.5, 0.6) is 0 Å². The third kappa shape index (κ3) is 4.12. The zero-order valence-corrected chi connectivity index (χ0v) is 13.9. The Labute approximate surface area is 147 Å². The smallest absolute Gasteiger partial charge is 0.317 e. The average Bonchev–Trinajstić information content (AvgIpc) is 2.61. The first-order chi connectivity index (χ1) is 12.1. The summed E-state index contributed by atoms with van der Waals surface area (Å²) in [5, 5.41) is 2.51. The number of hydrogen-bond donors (Lipinski definition) is 2. The minimum absolute atomic E-state index is 0.429. The van der Waals surface area contributed by atoms with E-state index >= 15 is 0 Å². The lowest BCUT2D eigenvalue weighted by Gasteiger charge is -2.12. The van der Waals surface area contributed by atoms with Crippen LogP contribution in [0.1, 0.15) is 22.3 Å². The largest absolute Gasteiger partial charge is 0.351 e. The number of pyridine rings is 1. The molecule has 0 saturated heterocycles. The van der Waals surface area contributed by atoms with Gasteiger partial charge in [-0.1, -0.05) is 54.6 Å². The summed E-state index contributed by atoms with van der Waals surface area (Å²) in [5.41, 5.74) is 10.7. The number of carbonyl (C=O) groups excluding carboxylic acids is 1. The molecule has 0 fully saturated rings. The van der Waals surface area contributed by atoms with E-state index in [1.165, 1.54) is 5.56 Å². The van der Waals surface area contributed by atoms with Gasteiger partial charge in [-0.3, -0.25) is 5.32 Å². The van der Waals surface area contributed by atoms with E-state index in [0.717, 1.165) is 22.3 Å². The number of rotatable bonds is 4. The highest BCUT2D eigenvalue weighted by atomic mass is 16.2. The molecule has 0 unspecified atom stereocenters. The molecule has 0 bridgehead atoms. The van der Waals surface area contributed by atoms with Crippen LogP contribution >= 0.6 is 0 Å². The Bertz CT molecular complexity index is 917. The molecule has 1 heterocycles. The first kappa shape index (κ1) is 16.5. The van der Waals surface area contributed by atoms with Gasteiger partial charge in [0.1, 0.15) is 5.82 Å². The lowest BCUT2D eigenvalue weighted by atomic mass is 9.93. The number of aromatic nitrogens is 1. The first-order valence-corrected chi connectivity index (χ1v) is 7.99. The zero-order chi connectivity index (χ0) is 17.6. The van der Waals surface area contributed by atoms with Gasteiger partial charge in [-0.25, -0.2) is 9.78 Å². The zero-order valence-electron chi connectivity index (χ0n) is 13.9. The van der Waals surface area contributed by atoms with Crippen LogP contribution in [-0.4, -0.2) is 11.0 Å². The Kier molecular flexibility index (Phi) is 4.90. The maximum absolute atomic E-state index is 11.0. The summed E-state index contributed by atoms with van der Waals surface area (Å²) in [6.07, 6.45) is 3.74. The van der Waals surface area contributed by atoms with Crippen molar-refractivity contribution in [1.29, 1.82) is 0 Å². The summed E-state index contributed by atoms with van der Waals surface area (Å²) in [5.74, 6) is 0.429. The second-order valence-electron chi connectivity index (χ2n) is 5.70. The van der Waals surface area contributed by atoms with Crippen LogP contribution in [0.2, 0.25) is 0 Å². The van der Waals surface area contributed by atoms with Crippen molar-refractivity contribution in [2.75, 3.05) is 5.32 Å². The highest BCUT2D eigenvalue weighted by molar-refractivity contribution is 5.93. The molecule has 0 atom stereocenters. The van der Waals surface area contributed by atoms with Crippen LogP contribution in [0.3, 0.4) is 0 Å². The first-order valence-electron chi connectivity index (χ1n) is 7.99. The SMILES string of the molecule is Cc1ccccc1/C(=C/c1ccnc(NC(N)=O)c1)c1ccccc1. The van der Waals surface area contributed by atoms with Crippen molar-refractivity contribution in [3.05, 3.63) is 95.2 Å². The molecule has 124 valence electrons. The quantitative estimate of drug-likeness (QED) is 0.741. The summed E-state index contributed by atoms with van der Waals surface area (Å²) in [6, 6.07) is 21.5. The summed E-state index contributed by atoms with van der Waals surface area (Å²) in [4.78, 5) is 15.2. The van der Waals surface area contributed by atoms with Crippen molar-refractivity contribution in [3.8, 4) is 0 Å². The van der Waals surface area contributed by atoms with Crippen molar-refractivity contribution in [2.45, 2.75) is 6.92 Å². The molecule has 2 amide bonds. The van der Waals surface area contributed by atoms with Crippen molar-refractivity contribution in [3.63, 3.8) is 0 Å². The van der Waals surface area contributed by atoms with Gasteiger partial charge in [-0.2, -0.15) is 0 Å². The van der Waals surface area contributed by atoms with Gasteiger partial charge in [0.05, 0.1) is 0 Å². The van der Waals surface area contributed by atoms with Crippen molar-refractivity contribution < 1.29 is 4.79 Å². The normalized spacial score (nSPS) is 11.2. The number of benzene rings is 2. The third-order valence-electron chi connectivity index (χ3n) is 3.87. The van der Waals surface area contributed by atoms with E-state index in [2.05, 4.69) is 47.6 Å². The Morgan fingerprint density at radius 2 is 1.76 bits per heavy atom. The molecule has 4 nitrogen and oxygen atoms in total. The number of nitrogens with zero attached hydrogens (tertiary/aromatic N) is 1. The van der Waals surface area contributed by atoms with Gasteiger partial charge in [0.25, 0.3) is 0 Å². The maximum atomic E-state index is 11.0. The van der Waals surface area contributed by atoms with Crippen LogP contribution in [0.25, 0.3) is 11.6 Å². The van der Waals surface area contributed by atoms with Crippen LogP contribution in [0.4, 0.5) is 10.6 Å². The van der Waals surface area contributed by atoms with E-state index in [4.69, 9.17) is 5.73 Å². The fourth-order valence-electron chi connectivity index (χ4n) is 2.71. The minimum Gasteiger partial charge on any atom is -0.351 e. The van der Waals surface area contributed by atoms with Gasteiger partial charge < -0.3 is 5.73 Å². The van der Waals surface area contributed by atoms with Crippen LogP contribution in [0.15, 0.2) is 72.9 Å². The maximum Gasteiger partial charge on any atom is 0.317 e. The molecule has 0 spiro atoms. The number of aryl methyl sites for hydroxylation is 1. The molecule has 3 N–H and O–H groups in total. The molecule has 1 aromatic heterocycles. The van der Waals surface area contributed by atoms with Crippen molar-refractivity contribution in [2.24, 2.45) is 5.73 Å². The number of nitrogens with one attached hydrogen (secondary N) is 1. The Balaban J connectivity index is 2.11. The summed E-state index contributed by atoms with van der Waals surface area (Å²) in [7, 11) is 0. The van der Waals surface area contributed by atoms with E-state index in [1.807, 2.05) is 36.4 Å². The van der Waals surface area contributed by atoms with Crippen molar-refractivity contribution in [1.82, 2.24) is 4.98 Å². The highest BCUT2D eigenvalue weighted by Gasteiger charge is 2.08. The van der Waals surface area contributed by atoms with E-state index in [0.29, 0.717) is 5.82 Å². The number of hydrogen-bond acceptors (Lipinski definition) is 2. The molecule has 3 aromatic rings. The molecule has 0 aliphatic heterocycles. The molecular formula is C21H19N3O. The van der Waals surface area contributed by atoms with E-state index < -0.39 is 6.03 Å². The van der Waals surface area contributed by atoms with Gasteiger partial charge in [0, 0.05) is 6.20 Å². The van der Waals surface area contributed by atoms with Crippen LogP contribution < -0.4 is 11.1 Å². The third-order valence-corrected chi connectivity index (χ3v) is 3.87. The monoisotopic (exact) mass is 329 g/mol. The number of nitrogens with two attached hydrogens (primary N) is 1. The fraction of sp³-hybridized carbons (Fsp3) is 0.0476. The molecular weight excluding hydrogens is 310 g/mol. The predicted molar refractivity (Wildman–Crippen MR) is 102 cm³/mol. The van der Waals surface area contributed by atoms with Gasteiger partial charge in [0.15, 0.2) is 0 Å².